The number of rotatable bonds is 6. The molecule has 1 heterocycles. The molecule has 27 heavy (non-hydrogen) atoms. The second-order valence-corrected chi connectivity index (χ2v) is 6.32. The summed E-state index contributed by atoms with van der Waals surface area (Å²) in [5.74, 6) is 0.980. The van der Waals surface area contributed by atoms with Crippen molar-refractivity contribution in [2.45, 2.75) is 20.4 Å². The van der Waals surface area contributed by atoms with Gasteiger partial charge in [-0.3, -0.25) is 4.79 Å². The number of hydrogen-bond acceptors (Lipinski definition) is 3. The van der Waals surface area contributed by atoms with Crippen molar-refractivity contribution < 1.29 is 14.3 Å². The smallest absolute Gasteiger partial charge is 0.251 e. The minimum atomic E-state index is -0.152. The zero-order chi connectivity index (χ0) is 19.4. The van der Waals surface area contributed by atoms with Gasteiger partial charge in [-0.15, -0.1) is 0 Å². The van der Waals surface area contributed by atoms with E-state index in [4.69, 9.17) is 9.47 Å². The largest absolute Gasteiger partial charge is 0.493 e. The normalized spacial score (nSPS) is 10.5. The van der Waals surface area contributed by atoms with Gasteiger partial charge in [-0.05, 0) is 55.8 Å². The van der Waals surface area contributed by atoms with Gasteiger partial charge in [0.05, 0.1) is 14.2 Å². The van der Waals surface area contributed by atoms with E-state index in [0.29, 0.717) is 23.6 Å². The fourth-order valence-electron chi connectivity index (χ4n) is 3.24. The number of carbonyl (C=O) groups is 1. The maximum absolute atomic E-state index is 12.5. The number of methoxy groups -OCH3 is 2. The first-order valence-electron chi connectivity index (χ1n) is 8.78. The summed E-state index contributed by atoms with van der Waals surface area (Å²) in [4.78, 5) is 12.5. The van der Waals surface area contributed by atoms with Crippen LogP contribution in [0.4, 0.5) is 0 Å². The molecule has 0 aliphatic carbocycles. The molecule has 1 amide bonds. The molecule has 5 heteroatoms. The summed E-state index contributed by atoms with van der Waals surface area (Å²) in [6.07, 6.45) is 0. The molecule has 1 aromatic heterocycles. The number of nitrogens with one attached hydrogen (secondary N) is 1. The molecule has 1 N–H and O–H groups in total. The summed E-state index contributed by atoms with van der Waals surface area (Å²) in [7, 11) is 3.12. The molecule has 0 unspecified atom stereocenters. The summed E-state index contributed by atoms with van der Waals surface area (Å²) in [6.45, 7) is 4.59. The number of aromatic nitrogens is 1. The lowest BCUT2D eigenvalue weighted by Crippen LogP contribution is -2.23. The van der Waals surface area contributed by atoms with E-state index >= 15 is 0 Å². The third-order valence-corrected chi connectivity index (χ3v) is 4.64. The Hall–Kier alpha value is -3.21. The highest BCUT2D eigenvalue weighted by Crippen LogP contribution is 2.27. The van der Waals surface area contributed by atoms with Gasteiger partial charge in [-0.25, -0.2) is 0 Å². The predicted molar refractivity (Wildman–Crippen MR) is 106 cm³/mol. The Kier molecular flexibility index (Phi) is 5.50. The predicted octanol–water partition coefficient (Wildman–Crippen LogP) is 4.04. The molecule has 0 saturated heterocycles. The van der Waals surface area contributed by atoms with Crippen molar-refractivity contribution in [2.24, 2.45) is 0 Å². The average molecular weight is 364 g/mol. The summed E-state index contributed by atoms with van der Waals surface area (Å²) >= 11 is 0. The van der Waals surface area contributed by atoms with Gasteiger partial charge in [-0.1, -0.05) is 18.2 Å². The van der Waals surface area contributed by atoms with Crippen LogP contribution in [-0.4, -0.2) is 24.7 Å². The number of aryl methyl sites for hydroxylation is 1. The first-order chi connectivity index (χ1) is 13.0. The Labute approximate surface area is 159 Å². The van der Waals surface area contributed by atoms with Crippen molar-refractivity contribution in [3.05, 3.63) is 77.1 Å². The third-order valence-electron chi connectivity index (χ3n) is 4.64. The molecule has 0 radical (unpaired) electrons. The lowest BCUT2D eigenvalue weighted by molar-refractivity contribution is 0.0950. The Bertz CT molecular complexity index is 946. The molecule has 140 valence electrons. The second-order valence-electron chi connectivity index (χ2n) is 6.32. The lowest BCUT2D eigenvalue weighted by atomic mass is 10.1. The maximum atomic E-state index is 12.5. The van der Waals surface area contributed by atoms with Crippen LogP contribution in [0.25, 0.3) is 5.69 Å². The highest BCUT2D eigenvalue weighted by atomic mass is 16.5. The number of amides is 1. The van der Waals surface area contributed by atoms with Crippen LogP contribution < -0.4 is 14.8 Å². The van der Waals surface area contributed by atoms with Gasteiger partial charge in [-0.2, -0.15) is 0 Å². The van der Waals surface area contributed by atoms with Crippen LogP contribution in [0.5, 0.6) is 11.5 Å². The minimum absolute atomic E-state index is 0.152. The van der Waals surface area contributed by atoms with Crippen LogP contribution in [0.15, 0.2) is 54.6 Å². The summed E-state index contributed by atoms with van der Waals surface area (Å²) < 4.78 is 12.7. The molecule has 2 aromatic carbocycles. The minimum Gasteiger partial charge on any atom is -0.493 e. The first kappa shape index (κ1) is 18.6. The zero-order valence-corrected chi connectivity index (χ0v) is 16.1. The van der Waals surface area contributed by atoms with Crippen molar-refractivity contribution in [1.82, 2.24) is 9.88 Å². The van der Waals surface area contributed by atoms with Crippen LogP contribution in [0.2, 0.25) is 0 Å². The number of carbonyl (C=O) groups excluding carboxylic acids is 1. The van der Waals surface area contributed by atoms with Gasteiger partial charge < -0.3 is 19.4 Å². The van der Waals surface area contributed by atoms with Gasteiger partial charge >= 0.3 is 0 Å². The van der Waals surface area contributed by atoms with E-state index < -0.39 is 0 Å². The molecular weight excluding hydrogens is 340 g/mol. The van der Waals surface area contributed by atoms with E-state index in [2.05, 4.69) is 41.9 Å². The number of nitrogens with zero attached hydrogens (tertiary/aromatic N) is 1. The third kappa shape index (κ3) is 3.82. The van der Waals surface area contributed by atoms with E-state index in [1.54, 1.807) is 32.4 Å². The quantitative estimate of drug-likeness (QED) is 0.718. The van der Waals surface area contributed by atoms with Crippen molar-refractivity contribution in [1.29, 1.82) is 0 Å². The lowest BCUT2D eigenvalue weighted by Gasteiger charge is -2.11. The molecule has 0 atom stereocenters. The van der Waals surface area contributed by atoms with E-state index in [1.165, 1.54) is 0 Å². The van der Waals surface area contributed by atoms with Crippen molar-refractivity contribution >= 4 is 5.91 Å². The summed E-state index contributed by atoms with van der Waals surface area (Å²) in [5.41, 5.74) is 4.99. The average Bonchev–Trinajstić information content (AvgIpc) is 2.99. The highest BCUT2D eigenvalue weighted by Gasteiger charge is 2.14. The SMILES string of the molecule is COc1ccc(C(=O)NCc2cc(C)n(-c3ccccc3)c2C)cc1OC. The van der Waals surface area contributed by atoms with Crippen molar-refractivity contribution in [3.63, 3.8) is 0 Å². The maximum Gasteiger partial charge on any atom is 0.251 e. The molecule has 0 bridgehead atoms. The number of benzene rings is 2. The summed E-state index contributed by atoms with van der Waals surface area (Å²) in [6, 6.07) is 17.4. The van der Waals surface area contributed by atoms with Crippen LogP contribution in [0.1, 0.15) is 27.3 Å². The fraction of sp³-hybridized carbons (Fsp3) is 0.227. The van der Waals surface area contributed by atoms with Crippen LogP contribution >= 0.6 is 0 Å². The monoisotopic (exact) mass is 364 g/mol. The number of ether oxygens (including phenoxy) is 2. The topological polar surface area (TPSA) is 52.5 Å². The van der Waals surface area contributed by atoms with E-state index in [9.17, 15) is 4.79 Å². The Balaban J connectivity index is 1.77. The molecule has 0 saturated carbocycles. The van der Waals surface area contributed by atoms with E-state index in [0.717, 1.165) is 22.6 Å². The van der Waals surface area contributed by atoms with Gasteiger partial charge in [0.15, 0.2) is 11.5 Å². The molecule has 0 aliphatic rings. The van der Waals surface area contributed by atoms with E-state index in [1.807, 2.05) is 18.2 Å². The molecule has 3 aromatic rings. The zero-order valence-electron chi connectivity index (χ0n) is 16.1. The van der Waals surface area contributed by atoms with Gasteiger partial charge in [0.1, 0.15) is 0 Å². The van der Waals surface area contributed by atoms with Gasteiger partial charge in [0, 0.05) is 29.2 Å². The highest BCUT2D eigenvalue weighted by molar-refractivity contribution is 5.94. The van der Waals surface area contributed by atoms with Crippen LogP contribution in [0.3, 0.4) is 0 Å². The van der Waals surface area contributed by atoms with E-state index in [-0.39, 0.29) is 5.91 Å². The fourth-order valence-corrected chi connectivity index (χ4v) is 3.24. The molecular formula is C22H24N2O3. The van der Waals surface area contributed by atoms with Gasteiger partial charge in [0.2, 0.25) is 0 Å². The van der Waals surface area contributed by atoms with Crippen molar-refractivity contribution in [2.75, 3.05) is 14.2 Å². The number of hydrogen-bond donors (Lipinski definition) is 1. The van der Waals surface area contributed by atoms with Crippen LogP contribution in [-0.2, 0) is 6.54 Å². The molecule has 0 aliphatic heterocycles. The molecule has 5 nitrogen and oxygen atoms in total. The van der Waals surface area contributed by atoms with Gasteiger partial charge in [0.25, 0.3) is 5.91 Å². The Morgan fingerprint density at radius 2 is 1.67 bits per heavy atom. The number of para-hydroxylation sites is 1. The first-order valence-corrected chi connectivity index (χ1v) is 8.78. The molecule has 0 spiro atoms. The summed E-state index contributed by atoms with van der Waals surface area (Å²) in [5, 5.41) is 2.99. The molecule has 3 rings (SSSR count). The standard InChI is InChI=1S/C22H24N2O3/c1-15-12-18(16(2)24(15)19-8-6-5-7-9-19)14-23-22(25)17-10-11-20(26-3)21(13-17)27-4/h5-13H,14H2,1-4H3,(H,23,25). The van der Waals surface area contributed by atoms with Crippen LogP contribution in [0, 0.1) is 13.8 Å². The second kappa shape index (κ2) is 7.99. The van der Waals surface area contributed by atoms with Crippen molar-refractivity contribution in [3.8, 4) is 17.2 Å². The Morgan fingerprint density at radius 1 is 0.963 bits per heavy atom. The Morgan fingerprint density at radius 3 is 2.33 bits per heavy atom. The molecule has 0 fully saturated rings.